The molecule has 3 rings (SSSR count). The fourth-order valence-electron chi connectivity index (χ4n) is 2.83. The molecule has 122 valence electrons. The van der Waals surface area contributed by atoms with Crippen molar-refractivity contribution in [2.75, 3.05) is 13.2 Å². The Labute approximate surface area is 145 Å². The van der Waals surface area contributed by atoms with Gasteiger partial charge in [0.15, 0.2) is 5.79 Å². The Balaban J connectivity index is 2.05. The standard InChI is InChI=1S/C17H17Cl2NO3/c1-16(22-7-8-23-16)17(21,13-3-2-6-20-11-13)10-12-4-5-14(18)9-15(12)19/h2-6,9,11,21H,7-8,10H2,1H3. The van der Waals surface area contributed by atoms with Gasteiger partial charge in [-0.05, 0) is 30.7 Å². The van der Waals surface area contributed by atoms with Gasteiger partial charge in [-0.25, -0.2) is 0 Å². The van der Waals surface area contributed by atoms with Gasteiger partial charge in [0.25, 0.3) is 0 Å². The Morgan fingerprint density at radius 2 is 2.00 bits per heavy atom. The second-order valence-electron chi connectivity index (χ2n) is 5.66. The molecule has 4 nitrogen and oxygen atoms in total. The zero-order valence-electron chi connectivity index (χ0n) is 12.6. The molecule has 1 N–H and O–H groups in total. The van der Waals surface area contributed by atoms with Gasteiger partial charge in [0.2, 0.25) is 0 Å². The molecule has 1 aromatic heterocycles. The summed E-state index contributed by atoms with van der Waals surface area (Å²) in [6.07, 6.45) is 3.48. The van der Waals surface area contributed by atoms with Crippen LogP contribution in [0.1, 0.15) is 18.1 Å². The fraction of sp³-hybridized carbons (Fsp3) is 0.353. The van der Waals surface area contributed by atoms with Crippen LogP contribution >= 0.6 is 23.2 Å². The molecule has 23 heavy (non-hydrogen) atoms. The Kier molecular flexibility index (Phi) is 4.63. The van der Waals surface area contributed by atoms with Gasteiger partial charge in [0.1, 0.15) is 5.60 Å². The number of nitrogens with zero attached hydrogens (tertiary/aromatic N) is 1. The second-order valence-corrected chi connectivity index (χ2v) is 6.50. The average molecular weight is 354 g/mol. The summed E-state index contributed by atoms with van der Waals surface area (Å²) in [6, 6.07) is 8.76. The van der Waals surface area contributed by atoms with E-state index in [1.54, 1.807) is 49.6 Å². The van der Waals surface area contributed by atoms with Gasteiger partial charge in [-0.2, -0.15) is 0 Å². The van der Waals surface area contributed by atoms with Crippen LogP contribution in [0.15, 0.2) is 42.7 Å². The zero-order chi connectivity index (χ0) is 16.5. The summed E-state index contributed by atoms with van der Waals surface area (Å²) in [7, 11) is 0. The van der Waals surface area contributed by atoms with Crippen molar-refractivity contribution in [1.29, 1.82) is 0 Å². The van der Waals surface area contributed by atoms with E-state index in [0.29, 0.717) is 28.8 Å². The highest BCUT2D eigenvalue weighted by Gasteiger charge is 2.53. The van der Waals surface area contributed by atoms with Crippen molar-refractivity contribution in [2.24, 2.45) is 0 Å². The van der Waals surface area contributed by atoms with Gasteiger partial charge in [-0.15, -0.1) is 0 Å². The highest BCUT2D eigenvalue weighted by Crippen LogP contribution is 2.42. The van der Waals surface area contributed by atoms with Crippen molar-refractivity contribution >= 4 is 23.2 Å². The van der Waals surface area contributed by atoms with Crippen molar-refractivity contribution < 1.29 is 14.6 Å². The lowest BCUT2D eigenvalue weighted by molar-refractivity contribution is -0.264. The summed E-state index contributed by atoms with van der Waals surface area (Å²) >= 11 is 12.2. The molecule has 1 fully saturated rings. The summed E-state index contributed by atoms with van der Waals surface area (Å²) in [5.41, 5.74) is -0.0759. The average Bonchev–Trinajstić information content (AvgIpc) is 2.99. The van der Waals surface area contributed by atoms with Crippen LogP contribution in [0.2, 0.25) is 10.0 Å². The lowest BCUT2D eigenvalue weighted by Gasteiger charge is -2.41. The fourth-order valence-corrected chi connectivity index (χ4v) is 3.30. The number of rotatable bonds is 4. The molecule has 1 aliphatic heterocycles. The normalized spacial score (nSPS) is 19.5. The molecule has 1 saturated heterocycles. The molecule has 1 aliphatic rings. The maximum Gasteiger partial charge on any atom is 0.199 e. The van der Waals surface area contributed by atoms with E-state index in [0.717, 1.165) is 5.56 Å². The Morgan fingerprint density at radius 1 is 1.26 bits per heavy atom. The number of aliphatic hydroxyl groups is 1. The Bertz CT molecular complexity index is 689. The third-order valence-electron chi connectivity index (χ3n) is 4.19. The predicted octanol–water partition coefficient (Wildman–Crippen LogP) is 3.58. The van der Waals surface area contributed by atoms with Crippen molar-refractivity contribution in [3.05, 3.63) is 63.9 Å². The maximum atomic E-state index is 11.5. The number of ether oxygens (including phenoxy) is 2. The summed E-state index contributed by atoms with van der Waals surface area (Å²) in [5.74, 6) is -1.18. The zero-order valence-corrected chi connectivity index (χ0v) is 14.1. The number of pyridine rings is 1. The predicted molar refractivity (Wildman–Crippen MR) is 88.6 cm³/mol. The molecule has 0 amide bonds. The van der Waals surface area contributed by atoms with Crippen LogP contribution in [0.25, 0.3) is 0 Å². The number of hydrogen-bond acceptors (Lipinski definition) is 4. The summed E-state index contributed by atoms with van der Waals surface area (Å²) < 4.78 is 11.5. The summed E-state index contributed by atoms with van der Waals surface area (Å²) in [6.45, 7) is 2.58. The van der Waals surface area contributed by atoms with Gasteiger partial charge in [-0.3, -0.25) is 4.98 Å². The minimum atomic E-state index is -1.44. The first-order valence-electron chi connectivity index (χ1n) is 7.29. The van der Waals surface area contributed by atoms with Gasteiger partial charge in [0, 0.05) is 34.4 Å². The first-order chi connectivity index (χ1) is 10.9. The minimum absolute atomic E-state index is 0.213. The van der Waals surface area contributed by atoms with Gasteiger partial charge >= 0.3 is 0 Å². The number of benzene rings is 1. The molecule has 0 aliphatic carbocycles. The molecule has 1 unspecified atom stereocenters. The molecule has 2 aromatic rings. The van der Waals surface area contributed by atoms with Crippen LogP contribution in [0.3, 0.4) is 0 Å². The monoisotopic (exact) mass is 353 g/mol. The van der Waals surface area contributed by atoms with Gasteiger partial charge in [0.05, 0.1) is 13.2 Å². The highest BCUT2D eigenvalue weighted by atomic mass is 35.5. The van der Waals surface area contributed by atoms with Gasteiger partial charge < -0.3 is 14.6 Å². The van der Waals surface area contributed by atoms with E-state index in [9.17, 15) is 5.11 Å². The van der Waals surface area contributed by atoms with Crippen molar-refractivity contribution in [1.82, 2.24) is 4.98 Å². The molecule has 0 bridgehead atoms. The SMILES string of the molecule is CC1(C(O)(Cc2ccc(Cl)cc2Cl)c2cccnc2)OCCO1. The van der Waals surface area contributed by atoms with E-state index in [-0.39, 0.29) is 6.42 Å². The topological polar surface area (TPSA) is 51.6 Å². The molecule has 0 radical (unpaired) electrons. The number of hydrogen-bond donors (Lipinski definition) is 1. The largest absolute Gasteiger partial charge is 0.379 e. The summed E-state index contributed by atoms with van der Waals surface area (Å²) in [5, 5.41) is 12.5. The van der Waals surface area contributed by atoms with Crippen LogP contribution in [-0.2, 0) is 21.5 Å². The third-order valence-corrected chi connectivity index (χ3v) is 4.78. The third kappa shape index (κ3) is 3.10. The van der Waals surface area contributed by atoms with Crippen LogP contribution in [0.4, 0.5) is 0 Å². The molecule has 0 saturated carbocycles. The first kappa shape index (κ1) is 16.7. The summed E-state index contributed by atoms with van der Waals surface area (Å²) in [4.78, 5) is 4.11. The molecule has 2 heterocycles. The Hall–Kier alpha value is -1.17. The van der Waals surface area contributed by atoms with Crippen LogP contribution < -0.4 is 0 Å². The number of halogens is 2. The van der Waals surface area contributed by atoms with E-state index in [4.69, 9.17) is 32.7 Å². The number of aromatic nitrogens is 1. The first-order valence-corrected chi connectivity index (χ1v) is 8.05. The van der Waals surface area contributed by atoms with E-state index in [1.165, 1.54) is 0 Å². The van der Waals surface area contributed by atoms with E-state index in [2.05, 4.69) is 4.98 Å². The van der Waals surface area contributed by atoms with E-state index < -0.39 is 11.4 Å². The second kappa shape index (κ2) is 6.38. The smallest absolute Gasteiger partial charge is 0.199 e. The maximum absolute atomic E-state index is 11.5. The van der Waals surface area contributed by atoms with Crippen molar-refractivity contribution in [2.45, 2.75) is 24.7 Å². The molecule has 1 aromatic carbocycles. The van der Waals surface area contributed by atoms with E-state index >= 15 is 0 Å². The molecule has 0 spiro atoms. The van der Waals surface area contributed by atoms with Crippen molar-refractivity contribution in [3.63, 3.8) is 0 Å². The lowest BCUT2D eigenvalue weighted by Crippen LogP contribution is -2.52. The van der Waals surface area contributed by atoms with Crippen LogP contribution in [-0.4, -0.2) is 29.1 Å². The van der Waals surface area contributed by atoms with Crippen LogP contribution in [0.5, 0.6) is 0 Å². The van der Waals surface area contributed by atoms with Gasteiger partial charge in [-0.1, -0.05) is 35.3 Å². The molecular weight excluding hydrogens is 337 g/mol. The lowest BCUT2D eigenvalue weighted by atomic mass is 9.81. The molecular formula is C17H17Cl2NO3. The quantitative estimate of drug-likeness (QED) is 0.912. The van der Waals surface area contributed by atoms with Crippen LogP contribution in [0, 0.1) is 0 Å². The Morgan fingerprint density at radius 3 is 2.61 bits per heavy atom. The highest BCUT2D eigenvalue weighted by molar-refractivity contribution is 6.35. The molecule has 1 atom stereocenters. The minimum Gasteiger partial charge on any atom is -0.379 e. The van der Waals surface area contributed by atoms with Crippen molar-refractivity contribution in [3.8, 4) is 0 Å². The molecule has 6 heteroatoms. The van der Waals surface area contributed by atoms with E-state index in [1.807, 2.05) is 0 Å².